The maximum Gasteiger partial charge on any atom is 0.214 e. The van der Waals surface area contributed by atoms with Gasteiger partial charge in [0.2, 0.25) is 10.0 Å². The zero-order valence-corrected chi connectivity index (χ0v) is 11.0. The highest BCUT2D eigenvalue weighted by Gasteiger charge is 2.27. The second kappa shape index (κ2) is 5.19. The molecular formula is C13H19NO2S. The Morgan fingerprint density at radius 2 is 1.76 bits per heavy atom. The van der Waals surface area contributed by atoms with Gasteiger partial charge in [0, 0.05) is 13.1 Å². The summed E-state index contributed by atoms with van der Waals surface area (Å²) in [5.74, 6) is 0.276. The van der Waals surface area contributed by atoms with E-state index in [1.54, 1.807) is 4.31 Å². The number of sulfonamides is 1. The summed E-state index contributed by atoms with van der Waals surface area (Å²) >= 11 is 0. The Balaban J connectivity index is 2.05. The van der Waals surface area contributed by atoms with Crippen LogP contribution in [0.4, 0.5) is 0 Å². The second-order valence-corrected chi connectivity index (χ2v) is 6.71. The molecule has 1 aromatic carbocycles. The third kappa shape index (κ3) is 3.07. The minimum atomic E-state index is -3.07. The fourth-order valence-electron chi connectivity index (χ4n) is 2.27. The number of hydrogen-bond donors (Lipinski definition) is 0. The van der Waals surface area contributed by atoms with Crippen LogP contribution in [0, 0.1) is 0 Å². The van der Waals surface area contributed by atoms with Crippen LogP contribution < -0.4 is 0 Å². The first kappa shape index (κ1) is 12.6. The van der Waals surface area contributed by atoms with E-state index in [9.17, 15) is 8.42 Å². The van der Waals surface area contributed by atoms with Crippen molar-refractivity contribution in [1.29, 1.82) is 0 Å². The van der Waals surface area contributed by atoms with Gasteiger partial charge in [-0.1, -0.05) is 37.3 Å². The zero-order chi connectivity index (χ0) is 12.3. The van der Waals surface area contributed by atoms with Crippen molar-refractivity contribution in [3.8, 4) is 0 Å². The first-order valence-corrected chi connectivity index (χ1v) is 7.73. The Bertz CT molecular complexity index is 450. The van der Waals surface area contributed by atoms with Gasteiger partial charge in [0.1, 0.15) is 0 Å². The van der Waals surface area contributed by atoms with Crippen LogP contribution in [0.2, 0.25) is 0 Å². The Labute approximate surface area is 104 Å². The lowest BCUT2D eigenvalue weighted by atomic mass is 10.0. The van der Waals surface area contributed by atoms with Crippen LogP contribution >= 0.6 is 0 Å². The minimum absolute atomic E-state index is 0.0572. The van der Waals surface area contributed by atoms with Crippen molar-refractivity contribution < 1.29 is 8.42 Å². The SMILES string of the molecule is CC(CS(=O)(=O)N1CCCC1)c1ccccc1. The van der Waals surface area contributed by atoms with Gasteiger partial charge in [-0.3, -0.25) is 0 Å². The van der Waals surface area contributed by atoms with Crippen molar-refractivity contribution >= 4 is 10.0 Å². The summed E-state index contributed by atoms with van der Waals surface area (Å²) in [5.41, 5.74) is 1.09. The molecule has 0 spiro atoms. The molecule has 0 radical (unpaired) electrons. The summed E-state index contributed by atoms with van der Waals surface area (Å²) in [4.78, 5) is 0. The van der Waals surface area contributed by atoms with E-state index in [1.807, 2.05) is 37.3 Å². The summed E-state index contributed by atoms with van der Waals surface area (Å²) in [6.45, 7) is 3.37. The van der Waals surface area contributed by atoms with E-state index < -0.39 is 10.0 Å². The molecule has 1 atom stereocenters. The molecule has 0 aliphatic carbocycles. The second-order valence-electron chi connectivity index (χ2n) is 4.70. The smallest absolute Gasteiger partial charge is 0.212 e. The van der Waals surface area contributed by atoms with Gasteiger partial charge < -0.3 is 0 Å². The molecule has 0 saturated carbocycles. The summed E-state index contributed by atoms with van der Waals surface area (Å²) in [7, 11) is -3.07. The van der Waals surface area contributed by atoms with E-state index in [4.69, 9.17) is 0 Å². The molecule has 1 aliphatic rings. The molecule has 2 rings (SSSR count). The monoisotopic (exact) mass is 253 g/mol. The van der Waals surface area contributed by atoms with Crippen molar-refractivity contribution in [2.24, 2.45) is 0 Å². The highest BCUT2D eigenvalue weighted by atomic mass is 32.2. The predicted molar refractivity (Wildman–Crippen MR) is 69.5 cm³/mol. The zero-order valence-electron chi connectivity index (χ0n) is 10.2. The van der Waals surface area contributed by atoms with Crippen molar-refractivity contribution in [2.75, 3.05) is 18.8 Å². The fraction of sp³-hybridized carbons (Fsp3) is 0.538. The first-order chi connectivity index (χ1) is 8.09. The van der Waals surface area contributed by atoms with E-state index in [1.165, 1.54) is 0 Å². The molecule has 1 aromatic rings. The molecule has 94 valence electrons. The van der Waals surface area contributed by atoms with Gasteiger partial charge in [-0.15, -0.1) is 0 Å². The molecule has 1 aliphatic heterocycles. The van der Waals surface area contributed by atoms with Crippen LogP contribution in [-0.4, -0.2) is 31.6 Å². The molecule has 0 N–H and O–H groups in total. The summed E-state index contributed by atoms with van der Waals surface area (Å²) in [5, 5.41) is 0. The topological polar surface area (TPSA) is 37.4 Å². The molecule has 0 amide bonds. The number of hydrogen-bond acceptors (Lipinski definition) is 2. The van der Waals surface area contributed by atoms with Crippen LogP contribution in [0.15, 0.2) is 30.3 Å². The molecule has 1 heterocycles. The Morgan fingerprint density at radius 1 is 1.18 bits per heavy atom. The van der Waals surface area contributed by atoms with Crippen LogP contribution in [-0.2, 0) is 10.0 Å². The third-order valence-corrected chi connectivity index (χ3v) is 5.36. The Morgan fingerprint density at radius 3 is 2.35 bits per heavy atom. The lowest BCUT2D eigenvalue weighted by Crippen LogP contribution is -2.31. The van der Waals surface area contributed by atoms with Gasteiger partial charge in [-0.05, 0) is 24.3 Å². The van der Waals surface area contributed by atoms with E-state index in [0.29, 0.717) is 13.1 Å². The van der Waals surface area contributed by atoms with Crippen molar-refractivity contribution in [1.82, 2.24) is 4.31 Å². The molecule has 17 heavy (non-hydrogen) atoms. The normalized spacial score (nSPS) is 19.4. The fourth-order valence-corrected chi connectivity index (χ4v) is 4.12. The molecule has 1 saturated heterocycles. The lowest BCUT2D eigenvalue weighted by molar-refractivity contribution is 0.474. The average molecular weight is 253 g/mol. The predicted octanol–water partition coefficient (Wildman–Crippen LogP) is 2.22. The summed E-state index contributed by atoms with van der Waals surface area (Å²) < 4.78 is 25.9. The van der Waals surface area contributed by atoms with E-state index in [-0.39, 0.29) is 11.7 Å². The van der Waals surface area contributed by atoms with Gasteiger partial charge in [0.15, 0.2) is 0 Å². The van der Waals surface area contributed by atoms with E-state index in [0.717, 1.165) is 18.4 Å². The molecule has 1 fully saturated rings. The van der Waals surface area contributed by atoms with Crippen LogP contribution in [0.5, 0.6) is 0 Å². The van der Waals surface area contributed by atoms with Gasteiger partial charge in [0.25, 0.3) is 0 Å². The molecule has 4 heteroatoms. The summed E-state index contributed by atoms with van der Waals surface area (Å²) in [6.07, 6.45) is 2.00. The number of rotatable bonds is 4. The molecular weight excluding hydrogens is 234 g/mol. The number of nitrogens with zero attached hydrogens (tertiary/aromatic N) is 1. The minimum Gasteiger partial charge on any atom is -0.212 e. The number of benzene rings is 1. The standard InChI is InChI=1S/C13H19NO2S/c1-12(13-7-3-2-4-8-13)11-17(15,16)14-9-5-6-10-14/h2-4,7-8,12H,5-6,9-11H2,1H3. The molecule has 0 aromatic heterocycles. The molecule has 1 unspecified atom stereocenters. The van der Waals surface area contributed by atoms with Crippen LogP contribution in [0.3, 0.4) is 0 Å². The van der Waals surface area contributed by atoms with Crippen molar-refractivity contribution in [3.63, 3.8) is 0 Å². The van der Waals surface area contributed by atoms with Gasteiger partial charge in [0.05, 0.1) is 5.75 Å². The van der Waals surface area contributed by atoms with Gasteiger partial charge in [-0.2, -0.15) is 0 Å². The highest BCUT2D eigenvalue weighted by Crippen LogP contribution is 2.21. The highest BCUT2D eigenvalue weighted by molar-refractivity contribution is 7.89. The van der Waals surface area contributed by atoms with Crippen LogP contribution in [0.1, 0.15) is 31.2 Å². The summed E-state index contributed by atoms with van der Waals surface area (Å²) in [6, 6.07) is 9.84. The molecule has 3 nitrogen and oxygen atoms in total. The Hall–Kier alpha value is -0.870. The quantitative estimate of drug-likeness (QED) is 0.825. The van der Waals surface area contributed by atoms with Crippen LogP contribution in [0.25, 0.3) is 0 Å². The molecule has 0 bridgehead atoms. The maximum absolute atomic E-state index is 12.1. The van der Waals surface area contributed by atoms with E-state index in [2.05, 4.69) is 0 Å². The lowest BCUT2D eigenvalue weighted by Gasteiger charge is -2.19. The van der Waals surface area contributed by atoms with E-state index >= 15 is 0 Å². The Kier molecular flexibility index (Phi) is 3.84. The average Bonchev–Trinajstić information content (AvgIpc) is 2.84. The van der Waals surface area contributed by atoms with Crippen molar-refractivity contribution in [3.05, 3.63) is 35.9 Å². The maximum atomic E-state index is 12.1. The van der Waals surface area contributed by atoms with Gasteiger partial charge in [-0.25, -0.2) is 12.7 Å². The largest absolute Gasteiger partial charge is 0.214 e. The first-order valence-electron chi connectivity index (χ1n) is 6.12. The van der Waals surface area contributed by atoms with Gasteiger partial charge >= 0.3 is 0 Å². The third-order valence-electron chi connectivity index (χ3n) is 3.29. The van der Waals surface area contributed by atoms with Crippen molar-refractivity contribution in [2.45, 2.75) is 25.7 Å².